The zero-order chi connectivity index (χ0) is 14.5. The van der Waals surface area contributed by atoms with Crippen molar-refractivity contribution in [3.63, 3.8) is 0 Å². The van der Waals surface area contributed by atoms with E-state index < -0.39 is 0 Å². The minimum atomic E-state index is 0.161. The maximum atomic E-state index is 12.3. The molecule has 0 radical (unpaired) electrons. The van der Waals surface area contributed by atoms with E-state index >= 15 is 0 Å². The van der Waals surface area contributed by atoms with Gasteiger partial charge in [0, 0.05) is 38.8 Å². The molecule has 0 aromatic heterocycles. The van der Waals surface area contributed by atoms with Crippen molar-refractivity contribution in [3.8, 4) is 0 Å². The van der Waals surface area contributed by atoms with Crippen molar-refractivity contribution in [2.75, 3.05) is 32.7 Å². The zero-order valence-corrected chi connectivity index (χ0v) is 13.4. The Morgan fingerprint density at radius 1 is 1.10 bits per heavy atom. The Morgan fingerprint density at radius 3 is 2.25 bits per heavy atom. The van der Waals surface area contributed by atoms with E-state index in [-0.39, 0.29) is 6.03 Å². The number of amides is 2. The number of rotatable bonds is 3. The van der Waals surface area contributed by atoms with E-state index in [0.717, 1.165) is 51.5 Å². The molecule has 1 aliphatic carbocycles. The van der Waals surface area contributed by atoms with E-state index in [4.69, 9.17) is 0 Å². The van der Waals surface area contributed by atoms with Crippen LogP contribution in [0, 0.1) is 11.8 Å². The van der Waals surface area contributed by atoms with Gasteiger partial charge in [-0.2, -0.15) is 0 Å². The van der Waals surface area contributed by atoms with Gasteiger partial charge in [-0.15, -0.1) is 0 Å². The molecule has 0 bridgehead atoms. The minimum Gasteiger partial charge on any atom is -0.335 e. The van der Waals surface area contributed by atoms with E-state index in [1.54, 1.807) is 0 Å². The fraction of sp³-hybridized carbons (Fsp3) is 0.938. The second-order valence-corrected chi connectivity index (χ2v) is 7.09. The van der Waals surface area contributed by atoms with Gasteiger partial charge in [-0.05, 0) is 37.5 Å². The molecule has 1 saturated heterocycles. The predicted octanol–water partition coefficient (Wildman–Crippen LogP) is 2.55. The third kappa shape index (κ3) is 4.65. The molecule has 2 aliphatic rings. The Hall–Kier alpha value is -0.770. The fourth-order valence-corrected chi connectivity index (χ4v) is 3.32. The molecule has 0 unspecified atom stereocenters. The highest BCUT2D eigenvalue weighted by Crippen LogP contribution is 2.23. The lowest BCUT2D eigenvalue weighted by atomic mass is 9.87. The van der Waals surface area contributed by atoms with Crippen LogP contribution in [0.2, 0.25) is 0 Å². The Morgan fingerprint density at radius 2 is 1.70 bits per heavy atom. The van der Waals surface area contributed by atoms with Crippen molar-refractivity contribution >= 4 is 6.03 Å². The van der Waals surface area contributed by atoms with Gasteiger partial charge in [0.25, 0.3) is 0 Å². The molecule has 0 aromatic carbocycles. The van der Waals surface area contributed by atoms with Gasteiger partial charge in [-0.1, -0.05) is 20.8 Å². The van der Waals surface area contributed by atoms with Crippen LogP contribution in [0.5, 0.6) is 0 Å². The number of nitrogens with zero attached hydrogens (tertiary/aromatic N) is 2. The summed E-state index contributed by atoms with van der Waals surface area (Å²) in [6.45, 7) is 11.8. The molecule has 0 atom stereocenters. The summed E-state index contributed by atoms with van der Waals surface area (Å²) in [6.07, 6.45) is 4.82. The maximum Gasteiger partial charge on any atom is 0.317 e. The normalized spacial score (nSPS) is 28.7. The lowest BCUT2D eigenvalue weighted by molar-refractivity contribution is 0.127. The Kier molecular flexibility index (Phi) is 5.70. The first-order chi connectivity index (χ1) is 9.54. The van der Waals surface area contributed by atoms with Crippen molar-refractivity contribution in [1.29, 1.82) is 0 Å². The van der Waals surface area contributed by atoms with Gasteiger partial charge in [-0.25, -0.2) is 4.79 Å². The third-order valence-corrected chi connectivity index (χ3v) is 4.63. The smallest absolute Gasteiger partial charge is 0.317 e. The molecule has 0 aromatic rings. The highest BCUT2D eigenvalue weighted by Gasteiger charge is 2.25. The Bertz CT molecular complexity index is 303. The summed E-state index contributed by atoms with van der Waals surface area (Å²) in [5.41, 5.74) is 0. The number of urea groups is 1. The van der Waals surface area contributed by atoms with Crippen LogP contribution in [-0.4, -0.2) is 54.6 Å². The number of hydrogen-bond donors (Lipinski definition) is 1. The lowest BCUT2D eigenvalue weighted by Crippen LogP contribution is -2.54. The van der Waals surface area contributed by atoms with Gasteiger partial charge in [0.15, 0.2) is 0 Å². The van der Waals surface area contributed by atoms with Crippen LogP contribution in [0.25, 0.3) is 0 Å². The molecule has 116 valence electrons. The van der Waals surface area contributed by atoms with Crippen molar-refractivity contribution in [3.05, 3.63) is 0 Å². The highest BCUT2D eigenvalue weighted by molar-refractivity contribution is 5.74. The summed E-state index contributed by atoms with van der Waals surface area (Å²) in [5.74, 6) is 1.54. The summed E-state index contributed by atoms with van der Waals surface area (Å²) >= 11 is 0. The van der Waals surface area contributed by atoms with Crippen molar-refractivity contribution in [1.82, 2.24) is 15.1 Å². The van der Waals surface area contributed by atoms with Gasteiger partial charge < -0.3 is 10.2 Å². The summed E-state index contributed by atoms with van der Waals surface area (Å²) in [4.78, 5) is 16.7. The first-order valence-corrected chi connectivity index (χ1v) is 8.32. The first-order valence-electron chi connectivity index (χ1n) is 8.32. The molecule has 2 fully saturated rings. The van der Waals surface area contributed by atoms with E-state index in [9.17, 15) is 4.79 Å². The number of nitrogens with one attached hydrogen (secondary N) is 1. The topological polar surface area (TPSA) is 35.6 Å². The number of carbonyl (C=O) groups excluding carboxylic acids is 1. The van der Waals surface area contributed by atoms with Crippen LogP contribution < -0.4 is 5.32 Å². The van der Waals surface area contributed by atoms with E-state index in [0.29, 0.717) is 12.0 Å². The molecule has 0 spiro atoms. The van der Waals surface area contributed by atoms with Crippen LogP contribution in [0.1, 0.15) is 46.5 Å². The van der Waals surface area contributed by atoms with Crippen LogP contribution >= 0.6 is 0 Å². The van der Waals surface area contributed by atoms with Crippen LogP contribution in [0.15, 0.2) is 0 Å². The van der Waals surface area contributed by atoms with Crippen LogP contribution in [0.3, 0.4) is 0 Å². The molecule has 4 heteroatoms. The number of piperazine rings is 1. The lowest BCUT2D eigenvalue weighted by Gasteiger charge is -2.37. The molecule has 20 heavy (non-hydrogen) atoms. The summed E-state index contributed by atoms with van der Waals surface area (Å²) in [5, 5.41) is 3.23. The predicted molar refractivity (Wildman–Crippen MR) is 82.8 cm³/mol. The molecule has 1 saturated carbocycles. The monoisotopic (exact) mass is 281 g/mol. The molecular formula is C16H31N3O. The van der Waals surface area contributed by atoms with E-state index in [1.165, 1.54) is 12.8 Å². The molecule has 1 heterocycles. The molecule has 1 aliphatic heterocycles. The highest BCUT2D eigenvalue weighted by atomic mass is 16.2. The molecule has 2 rings (SSSR count). The fourth-order valence-electron chi connectivity index (χ4n) is 3.32. The van der Waals surface area contributed by atoms with Gasteiger partial charge in [-0.3, -0.25) is 4.90 Å². The second-order valence-electron chi connectivity index (χ2n) is 7.09. The zero-order valence-electron chi connectivity index (χ0n) is 13.4. The Balaban J connectivity index is 1.69. The maximum absolute atomic E-state index is 12.3. The van der Waals surface area contributed by atoms with Crippen molar-refractivity contribution in [2.24, 2.45) is 11.8 Å². The number of carbonyl (C=O) groups is 1. The van der Waals surface area contributed by atoms with Gasteiger partial charge in [0.1, 0.15) is 0 Å². The second kappa shape index (κ2) is 7.30. The minimum absolute atomic E-state index is 0.161. The summed E-state index contributed by atoms with van der Waals surface area (Å²) < 4.78 is 0. The van der Waals surface area contributed by atoms with Crippen LogP contribution in [0.4, 0.5) is 4.79 Å². The average molecular weight is 281 g/mol. The van der Waals surface area contributed by atoms with Gasteiger partial charge in [0.2, 0.25) is 0 Å². The summed E-state index contributed by atoms with van der Waals surface area (Å²) in [6, 6.07) is 0.571. The van der Waals surface area contributed by atoms with Crippen LogP contribution in [-0.2, 0) is 0 Å². The van der Waals surface area contributed by atoms with Gasteiger partial charge >= 0.3 is 6.03 Å². The standard InChI is InChI=1S/C16H31N3O/c1-13(2)12-18-8-10-19(11-9-18)16(20)17-15-6-4-14(3)5-7-15/h13-15H,4-12H2,1-3H3,(H,17,20). The van der Waals surface area contributed by atoms with E-state index in [2.05, 4.69) is 31.0 Å². The average Bonchev–Trinajstić information content (AvgIpc) is 2.41. The molecule has 2 amide bonds. The quantitative estimate of drug-likeness (QED) is 0.863. The SMILES string of the molecule is CC(C)CN1CCN(C(=O)NC2CCC(C)CC2)CC1. The first kappa shape index (κ1) is 15.6. The molecular weight excluding hydrogens is 250 g/mol. The van der Waals surface area contributed by atoms with E-state index in [1.807, 2.05) is 4.90 Å². The number of hydrogen-bond acceptors (Lipinski definition) is 2. The van der Waals surface area contributed by atoms with Gasteiger partial charge in [0.05, 0.1) is 0 Å². The van der Waals surface area contributed by atoms with Crippen molar-refractivity contribution in [2.45, 2.75) is 52.5 Å². The molecule has 1 N–H and O–H groups in total. The summed E-state index contributed by atoms with van der Waals surface area (Å²) in [7, 11) is 0. The Labute approximate surface area is 123 Å². The third-order valence-electron chi connectivity index (χ3n) is 4.63. The molecule has 4 nitrogen and oxygen atoms in total. The van der Waals surface area contributed by atoms with Crippen molar-refractivity contribution < 1.29 is 4.79 Å². The largest absolute Gasteiger partial charge is 0.335 e.